The lowest BCUT2D eigenvalue weighted by atomic mass is 9.98. The van der Waals surface area contributed by atoms with Gasteiger partial charge in [0.05, 0.1) is 0 Å². The lowest BCUT2D eigenvalue weighted by Crippen LogP contribution is -2.48. The molecule has 1 unspecified atom stereocenters. The van der Waals surface area contributed by atoms with Crippen molar-refractivity contribution < 1.29 is 24.2 Å². The molecule has 0 spiro atoms. The summed E-state index contributed by atoms with van der Waals surface area (Å²) in [4.78, 5) is 36.3. The molecule has 0 saturated carbocycles. The Balaban J connectivity index is 1.36. The SMILES string of the molecule is Cc1nncn1CCNC(=O)C(CCC(=O)O)NC(=O)OCC1c2ccccc2-c2ccccc21. The molecule has 35 heavy (non-hydrogen) atoms. The van der Waals surface area contributed by atoms with Crippen molar-refractivity contribution in [3.05, 3.63) is 71.8 Å². The molecule has 1 heterocycles. The number of carbonyl (C=O) groups excluding carboxylic acids is 2. The summed E-state index contributed by atoms with van der Waals surface area (Å²) in [5.74, 6) is -0.951. The number of nitrogens with one attached hydrogen (secondary N) is 2. The number of fused-ring (bicyclic) bond motifs is 3. The summed E-state index contributed by atoms with van der Waals surface area (Å²) < 4.78 is 7.28. The van der Waals surface area contributed by atoms with Crippen molar-refractivity contribution in [3.8, 4) is 11.1 Å². The second kappa shape index (κ2) is 10.8. The molecule has 0 bridgehead atoms. The molecule has 1 atom stereocenters. The van der Waals surface area contributed by atoms with Gasteiger partial charge in [-0.15, -0.1) is 10.2 Å². The average Bonchev–Trinajstić information content (AvgIpc) is 3.41. The molecular weight excluding hydrogens is 450 g/mol. The van der Waals surface area contributed by atoms with Gasteiger partial charge in [0, 0.05) is 25.4 Å². The van der Waals surface area contributed by atoms with Gasteiger partial charge in [0.15, 0.2) is 0 Å². The van der Waals surface area contributed by atoms with Gasteiger partial charge in [0.2, 0.25) is 5.91 Å². The van der Waals surface area contributed by atoms with E-state index >= 15 is 0 Å². The van der Waals surface area contributed by atoms with E-state index in [4.69, 9.17) is 9.84 Å². The second-order valence-electron chi connectivity index (χ2n) is 8.32. The van der Waals surface area contributed by atoms with E-state index in [1.165, 1.54) is 0 Å². The number of alkyl carbamates (subject to hydrolysis) is 1. The molecule has 3 N–H and O–H groups in total. The first-order valence-corrected chi connectivity index (χ1v) is 11.4. The van der Waals surface area contributed by atoms with Gasteiger partial charge in [0.25, 0.3) is 0 Å². The number of benzene rings is 2. The third kappa shape index (κ3) is 5.65. The minimum absolute atomic E-state index is 0.0585. The minimum atomic E-state index is -1.06. The number of carboxylic acids is 1. The largest absolute Gasteiger partial charge is 0.481 e. The summed E-state index contributed by atoms with van der Waals surface area (Å²) in [5, 5.41) is 22.0. The first-order chi connectivity index (χ1) is 16.9. The van der Waals surface area contributed by atoms with Crippen LogP contribution in [0.3, 0.4) is 0 Å². The highest BCUT2D eigenvalue weighted by Gasteiger charge is 2.30. The average molecular weight is 478 g/mol. The fourth-order valence-corrected chi connectivity index (χ4v) is 4.27. The summed E-state index contributed by atoms with van der Waals surface area (Å²) >= 11 is 0. The van der Waals surface area contributed by atoms with E-state index in [9.17, 15) is 14.4 Å². The summed E-state index contributed by atoms with van der Waals surface area (Å²) in [7, 11) is 0. The van der Waals surface area contributed by atoms with E-state index in [2.05, 4.69) is 20.8 Å². The van der Waals surface area contributed by atoms with Crippen molar-refractivity contribution in [1.82, 2.24) is 25.4 Å². The minimum Gasteiger partial charge on any atom is -0.481 e. The monoisotopic (exact) mass is 477 g/mol. The Hall–Kier alpha value is -4.21. The topological polar surface area (TPSA) is 135 Å². The van der Waals surface area contributed by atoms with Crippen LogP contribution >= 0.6 is 0 Å². The Bertz CT molecular complexity index is 1180. The fourth-order valence-electron chi connectivity index (χ4n) is 4.27. The van der Waals surface area contributed by atoms with Crippen LogP contribution in [0, 0.1) is 6.92 Å². The third-order valence-corrected chi connectivity index (χ3v) is 6.06. The molecule has 2 aromatic carbocycles. The zero-order valence-electron chi connectivity index (χ0n) is 19.3. The predicted molar refractivity (Wildman–Crippen MR) is 127 cm³/mol. The maximum Gasteiger partial charge on any atom is 0.407 e. The zero-order chi connectivity index (χ0) is 24.8. The number of nitrogens with zero attached hydrogens (tertiary/aromatic N) is 3. The van der Waals surface area contributed by atoms with E-state index in [1.54, 1.807) is 17.8 Å². The summed E-state index contributed by atoms with van der Waals surface area (Å²) in [6.07, 6.45) is 0.453. The normalized spacial score (nSPS) is 12.9. The zero-order valence-corrected chi connectivity index (χ0v) is 19.3. The number of aryl methyl sites for hydroxylation is 1. The van der Waals surface area contributed by atoms with Crippen LogP contribution in [0.5, 0.6) is 0 Å². The molecule has 10 nitrogen and oxygen atoms in total. The molecule has 4 rings (SSSR count). The Morgan fingerprint density at radius 1 is 1.09 bits per heavy atom. The van der Waals surface area contributed by atoms with Crippen LogP contribution in [0.15, 0.2) is 54.9 Å². The standard InChI is InChI=1S/C25H27N5O5/c1-16-29-27-15-30(16)13-12-26-24(33)22(10-11-23(31)32)28-25(34)35-14-21-19-8-4-2-6-17(19)18-7-3-5-9-20(18)21/h2-9,15,21-22H,10-14H2,1H3,(H,26,33)(H,28,34)(H,31,32). The highest BCUT2D eigenvalue weighted by atomic mass is 16.5. The van der Waals surface area contributed by atoms with Crippen LogP contribution in [0.1, 0.15) is 35.7 Å². The van der Waals surface area contributed by atoms with Crippen LogP contribution in [0.25, 0.3) is 11.1 Å². The first-order valence-electron chi connectivity index (χ1n) is 11.4. The first kappa shape index (κ1) is 23.9. The molecule has 10 heteroatoms. The number of carbonyl (C=O) groups is 3. The summed E-state index contributed by atoms with van der Waals surface area (Å²) in [6.45, 7) is 2.61. The van der Waals surface area contributed by atoms with Gasteiger partial charge in [-0.1, -0.05) is 48.5 Å². The number of carboxylic acid groups (broad SMARTS) is 1. The summed E-state index contributed by atoms with van der Waals surface area (Å²) in [5.41, 5.74) is 4.37. The number of hydrogen-bond acceptors (Lipinski definition) is 6. The van der Waals surface area contributed by atoms with E-state index in [-0.39, 0.29) is 31.9 Å². The lowest BCUT2D eigenvalue weighted by molar-refractivity contribution is -0.137. The highest BCUT2D eigenvalue weighted by molar-refractivity contribution is 5.86. The van der Waals surface area contributed by atoms with Gasteiger partial charge in [-0.05, 0) is 35.6 Å². The third-order valence-electron chi connectivity index (χ3n) is 6.06. The van der Waals surface area contributed by atoms with Crippen molar-refractivity contribution in [2.45, 2.75) is 38.3 Å². The van der Waals surface area contributed by atoms with Crippen molar-refractivity contribution in [3.63, 3.8) is 0 Å². The molecule has 0 saturated heterocycles. The Morgan fingerprint density at radius 3 is 2.34 bits per heavy atom. The molecule has 3 aromatic rings. The van der Waals surface area contributed by atoms with Gasteiger partial charge >= 0.3 is 12.1 Å². The number of aliphatic carboxylic acids is 1. The number of aromatic nitrogens is 3. The van der Waals surface area contributed by atoms with Gasteiger partial charge in [-0.2, -0.15) is 0 Å². The summed E-state index contributed by atoms with van der Waals surface area (Å²) in [6, 6.07) is 14.9. The molecule has 1 aromatic heterocycles. The Kier molecular flexibility index (Phi) is 7.39. The highest BCUT2D eigenvalue weighted by Crippen LogP contribution is 2.44. The van der Waals surface area contributed by atoms with Crippen LogP contribution in [-0.2, 0) is 20.9 Å². The molecule has 0 fully saturated rings. The molecule has 2 amide bonds. The van der Waals surface area contributed by atoms with Crippen LogP contribution in [0.4, 0.5) is 4.79 Å². The van der Waals surface area contributed by atoms with Crippen LogP contribution in [0.2, 0.25) is 0 Å². The van der Waals surface area contributed by atoms with Gasteiger partial charge in [0.1, 0.15) is 24.8 Å². The number of amides is 2. The maximum atomic E-state index is 12.7. The predicted octanol–water partition coefficient (Wildman–Crippen LogP) is 2.47. The van der Waals surface area contributed by atoms with Gasteiger partial charge in [-0.3, -0.25) is 9.59 Å². The molecule has 0 aliphatic heterocycles. The quantitative estimate of drug-likeness (QED) is 0.408. The van der Waals surface area contributed by atoms with Gasteiger partial charge < -0.3 is 25.0 Å². The Morgan fingerprint density at radius 2 is 1.74 bits per heavy atom. The van der Waals surface area contributed by atoms with Gasteiger partial charge in [-0.25, -0.2) is 4.79 Å². The molecule has 1 aliphatic carbocycles. The lowest BCUT2D eigenvalue weighted by Gasteiger charge is -2.19. The van der Waals surface area contributed by atoms with Crippen molar-refractivity contribution in [2.24, 2.45) is 0 Å². The van der Waals surface area contributed by atoms with E-state index < -0.39 is 24.0 Å². The van der Waals surface area contributed by atoms with E-state index in [0.29, 0.717) is 12.4 Å². The van der Waals surface area contributed by atoms with E-state index in [0.717, 1.165) is 22.3 Å². The Labute approximate surface area is 202 Å². The van der Waals surface area contributed by atoms with Crippen LogP contribution in [-0.4, -0.2) is 57.0 Å². The van der Waals surface area contributed by atoms with Crippen LogP contribution < -0.4 is 10.6 Å². The smallest absolute Gasteiger partial charge is 0.407 e. The second-order valence-corrected chi connectivity index (χ2v) is 8.32. The molecule has 182 valence electrons. The maximum absolute atomic E-state index is 12.7. The fraction of sp³-hybridized carbons (Fsp3) is 0.320. The number of rotatable bonds is 10. The van der Waals surface area contributed by atoms with Crippen molar-refractivity contribution >= 4 is 18.0 Å². The molecule has 0 radical (unpaired) electrons. The molecular formula is C25H27N5O5. The number of ether oxygens (including phenoxy) is 1. The van der Waals surface area contributed by atoms with Crippen molar-refractivity contribution in [1.29, 1.82) is 0 Å². The number of hydrogen-bond donors (Lipinski definition) is 3. The van der Waals surface area contributed by atoms with Crippen molar-refractivity contribution in [2.75, 3.05) is 13.2 Å². The van der Waals surface area contributed by atoms with E-state index in [1.807, 2.05) is 48.5 Å². The molecule has 1 aliphatic rings.